The van der Waals surface area contributed by atoms with Crippen molar-refractivity contribution >= 4 is 5.97 Å². The van der Waals surface area contributed by atoms with Crippen LogP contribution in [0.4, 0.5) is 0 Å². The van der Waals surface area contributed by atoms with Gasteiger partial charge in [-0.1, -0.05) is 6.07 Å². The van der Waals surface area contributed by atoms with E-state index < -0.39 is 5.97 Å². The topological polar surface area (TPSA) is 55.1 Å². The van der Waals surface area contributed by atoms with E-state index in [1.807, 2.05) is 13.8 Å². The van der Waals surface area contributed by atoms with E-state index in [-0.39, 0.29) is 5.69 Å². The van der Waals surface area contributed by atoms with Crippen molar-refractivity contribution < 1.29 is 9.90 Å². The molecule has 2 aromatic rings. The van der Waals surface area contributed by atoms with Crippen LogP contribution in [-0.4, -0.2) is 20.9 Å². The number of carboxylic acids is 1. The van der Waals surface area contributed by atoms with Crippen LogP contribution in [0.25, 0.3) is 11.3 Å². The first kappa shape index (κ1) is 12.4. The number of benzene rings is 1. The van der Waals surface area contributed by atoms with Gasteiger partial charge in [-0.3, -0.25) is 4.68 Å². The molecule has 0 saturated carbocycles. The van der Waals surface area contributed by atoms with Crippen LogP contribution in [0.1, 0.15) is 27.2 Å². The predicted molar refractivity (Wildman–Crippen MR) is 69.8 cm³/mol. The second-order valence-corrected chi connectivity index (χ2v) is 4.59. The van der Waals surface area contributed by atoms with Gasteiger partial charge in [0.25, 0.3) is 0 Å². The van der Waals surface area contributed by atoms with Crippen LogP contribution in [0.3, 0.4) is 0 Å². The summed E-state index contributed by atoms with van der Waals surface area (Å²) in [6.07, 6.45) is 0. The molecule has 1 N–H and O–H groups in total. The van der Waals surface area contributed by atoms with Gasteiger partial charge in [-0.05, 0) is 49.6 Å². The molecule has 0 aliphatic heterocycles. The minimum atomic E-state index is -1.00. The average Bonchev–Trinajstić information content (AvgIpc) is 2.66. The Kier molecular flexibility index (Phi) is 2.95. The molecule has 2 rings (SSSR count). The van der Waals surface area contributed by atoms with Gasteiger partial charge in [-0.2, -0.15) is 5.10 Å². The summed E-state index contributed by atoms with van der Waals surface area (Å²) in [6.45, 7) is 6.14. The summed E-state index contributed by atoms with van der Waals surface area (Å²) in [5, 5.41) is 13.0. The number of nitrogens with zero attached hydrogens (tertiary/aromatic N) is 2. The van der Waals surface area contributed by atoms with E-state index in [0.29, 0.717) is 0 Å². The molecule has 18 heavy (non-hydrogen) atoms. The zero-order valence-electron chi connectivity index (χ0n) is 11.0. The van der Waals surface area contributed by atoms with Gasteiger partial charge in [-0.15, -0.1) is 0 Å². The second kappa shape index (κ2) is 4.29. The summed E-state index contributed by atoms with van der Waals surface area (Å²) in [5.41, 5.74) is 5.47. The fourth-order valence-electron chi connectivity index (χ4n) is 2.06. The third-order valence-electron chi connectivity index (χ3n) is 3.22. The molecule has 94 valence electrons. The maximum Gasteiger partial charge on any atom is 0.356 e. The molecule has 0 unspecified atom stereocenters. The second-order valence-electron chi connectivity index (χ2n) is 4.59. The summed E-state index contributed by atoms with van der Waals surface area (Å²) in [5.74, 6) is -1.00. The van der Waals surface area contributed by atoms with Gasteiger partial charge in [0.15, 0.2) is 5.69 Å². The smallest absolute Gasteiger partial charge is 0.356 e. The van der Waals surface area contributed by atoms with Gasteiger partial charge >= 0.3 is 5.97 Å². The third kappa shape index (κ3) is 2.01. The largest absolute Gasteiger partial charge is 0.476 e. The van der Waals surface area contributed by atoms with Crippen molar-refractivity contribution in [3.05, 3.63) is 40.6 Å². The molecular formula is C14H16N2O2. The Morgan fingerprint density at radius 1 is 1.11 bits per heavy atom. The molecule has 4 nitrogen and oxygen atoms in total. The molecular weight excluding hydrogens is 228 g/mol. The number of aromatic nitrogens is 2. The number of carboxylic acid groups (broad SMARTS) is 1. The number of aryl methyl sites for hydroxylation is 4. The Bertz CT molecular complexity index is 627. The molecule has 0 spiro atoms. The number of aromatic carboxylic acids is 1. The minimum Gasteiger partial charge on any atom is -0.476 e. The van der Waals surface area contributed by atoms with Crippen LogP contribution in [-0.2, 0) is 7.05 Å². The van der Waals surface area contributed by atoms with Gasteiger partial charge in [0.05, 0.1) is 5.69 Å². The van der Waals surface area contributed by atoms with Gasteiger partial charge in [0.1, 0.15) is 0 Å². The maximum absolute atomic E-state index is 10.9. The molecule has 0 amide bonds. The van der Waals surface area contributed by atoms with Crippen molar-refractivity contribution in [2.75, 3.05) is 0 Å². The Hall–Kier alpha value is -2.10. The molecule has 0 radical (unpaired) electrons. The van der Waals surface area contributed by atoms with Crippen molar-refractivity contribution in [1.29, 1.82) is 0 Å². The Balaban J connectivity index is 2.62. The lowest BCUT2D eigenvalue weighted by Crippen LogP contribution is -1.99. The molecule has 1 aromatic carbocycles. The predicted octanol–water partition coefficient (Wildman–Crippen LogP) is 2.71. The maximum atomic E-state index is 10.9. The van der Waals surface area contributed by atoms with Crippen LogP contribution in [0.15, 0.2) is 18.2 Å². The van der Waals surface area contributed by atoms with Crippen LogP contribution in [0, 0.1) is 20.8 Å². The standard InChI is InChI=1S/C14H16N2O2/c1-8-5-10(3)11(6-9(8)2)13-7-12(14(17)18)15-16(13)4/h5-7H,1-4H3,(H,17,18). The van der Waals surface area contributed by atoms with Crippen molar-refractivity contribution in [2.24, 2.45) is 7.05 Å². The molecule has 1 heterocycles. The normalized spacial score (nSPS) is 10.7. The van der Waals surface area contributed by atoms with Gasteiger partial charge in [0.2, 0.25) is 0 Å². The highest BCUT2D eigenvalue weighted by molar-refractivity contribution is 5.87. The monoisotopic (exact) mass is 244 g/mol. The van der Waals surface area contributed by atoms with E-state index in [4.69, 9.17) is 5.11 Å². The van der Waals surface area contributed by atoms with Crippen LogP contribution < -0.4 is 0 Å². The zero-order valence-corrected chi connectivity index (χ0v) is 11.0. The SMILES string of the molecule is Cc1cc(C)c(-c2cc(C(=O)O)nn2C)cc1C. The van der Waals surface area contributed by atoms with Gasteiger partial charge < -0.3 is 5.11 Å². The fourth-order valence-corrected chi connectivity index (χ4v) is 2.06. The highest BCUT2D eigenvalue weighted by atomic mass is 16.4. The van der Waals surface area contributed by atoms with Crippen LogP contribution in [0.5, 0.6) is 0 Å². The van der Waals surface area contributed by atoms with Gasteiger partial charge in [0, 0.05) is 12.6 Å². The summed E-state index contributed by atoms with van der Waals surface area (Å²) in [7, 11) is 1.76. The number of hydrogen-bond donors (Lipinski definition) is 1. The number of hydrogen-bond acceptors (Lipinski definition) is 2. The lowest BCUT2D eigenvalue weighted by Gasteiger charge is -2.09. The van der Waals surface area contributed by atoms with Crippen molar-refractivity contribution in [1.82, 2.24) is 9.78 Å². The fraction of sp³-hybridized carbons (Fsp3) is 0.286. The van der Waals surface area contributed by atoms with E-state index in [2.05, 4.69) is 24.2 Å². The molecule has 0 saturated heterocycles. The molecule has 0 atom stereocenters. The quantitative estimate of drug-likeness (QED) is 0.883. The first-order chi connectivity index (χ1) is 8.40. The Morgan fingerprint density at radius 3 is 2.28 bits per heavy atom. The number of rotatable bonds is 2. The molecule has 0 bridgehead atoms. The summed E-state index contributed by atoms with van der Waals surface area (Å²) < 4.78 is 1.61. The van der Waals surface area contributed by atoms with Crippen molar-refractivity contribution in [2.45, 2.75) is 20.8 Å². The van der Waals surface area contributed by atoms with Crippen LogP contribution >= 0.6 is 0 Å². The minimum absolute atomic E-state index is 0.0742. The lowest BCUT2D eigenvalue weighted by molar-refractivity contribution is 0.0689. The summed E-state index contributed by atoms with van der Waals surface area (Å²) >= 11 is 0. The van der Waals surface area contributed by atoms with E-state index in [1.54, 1.807) is 17.8 Å². The molecule has 0 aliphatic carbocycles. The van der Waals surface area contributed by atoms with E-state index in [9.17, 15) is 4.79 Å². The van der Waals surface area contributed by atoms with Crippen molar-refractivity contribution in [3.63, 3.8) is 0 Å². The van der Waals surface area contributed by atoms with E-state index >= 15 is 0 Å². The summed E-state index contributed by atoms with van der Waals surface area (Å²) in [4.78, 5) is 10.9. The first-order valence-corrected chi connectivity index (χ1v) is 5.75. The van der Waals surface area contributed by atoms with E-state index in [1.165, 1.54) is 11.1 Å². The highest BCUT2D eigenvalue weighted by Crippen LogP contribution is 2.26. The average molecular weight is 244 g/mol. The van der Waals surface area contributed by atoms with Crippen LogP contribution in [0.2, 0.25) is 0 Å². The Labute approximate surface area is 106 Å². The Morgan fingerprint density at radius 2 is 1.72 bits per heavy atom. The first-order valence-electron chi connectivity index (χ1n) is 5.75. The molecule has 4 heteroatoms. The van der Waals surface area contributed by atoms with Gasteiger partial charge in [-0.25, -0.2) is 4.79 Å². The third-order valence-corrected chi connectivity index (χ3v) is 3.22. The summed E-state index contributed by atoms with van der Waals surface area (Å²) in [6, 6.07) is 5.80. The lowest BCUT2D eigenvalue weighted by atomic mass is 9.98. The number of carbonyl (C=O) groups is 1. The molecule has 1 aromatic heterocycles. The van der Waals surface area contributed by atoms with E-state index in [0.717, 1.165) is 16.8 Å². The van der Waals surface area contributed by atoms with Crippen molar-refractivity contribution in [3.8, 4) is 11.3 Å². The highest BCUT2D eigenvalue weighted by Gasteiger charge is 2.14. The molecule has 0 aliphatic rings. The molecule has 0 fully saturated rings. The zero-order chi connectivity index (χ0) is 13.4.